The van der Waals surface area contributed by atoms with Gasteiger partial charge >= 0.3 is 0 Å². The molecule has 4 aliphatic heterocycles. The molecular weight excluding hydrogens is 1090 g/mol. The predicted molar refractivity (Wildman–Crippen MR) is 293 cm³/mol. The molecule has 1 aromatic carbocycles. The van der Waals surface area contributed by atoms with Gasteiger partial charge in [0, 0.05) is 85.4 Å². The van der Waals surface area contributed by atoms with Gasteiger partial charge < -0.3 is 62.7 Å². The number of H-pyrrole nitrogens is 1. The van der Waals surface area contributed by atoms with Crippen molar-refractivity contribution < 1.29 is 72.2 Å². The molecule has 0 aliphatic carbocycles. The van der Waals surface area contributed by atoms with E-state index in [1.165, 1.54) is 52.5 Å². The SMILES string of the molecule is CC[C@H](C)[C@@H]1NC(=O)CNC(=O)[C@H]2CC(=O)[C@H]([C@@H](C)[C@@H](O)CO)NC(=O)[C@@H]3CC(O)CN3C3(CCCSSC(C)(C)CCNC(C)=O)Oc4ccc5c(c([nH]c5c4)[S@](=O)CC(NC(=O)CNC1=O)C(=O)C[C@@H](CC(N)=O)C3=O)C2. The van der Waals surface area contributed by atoms with E-state index in [9.17, 15) is 48.9 Å². The Kier molecular flexibility index (Phi) is 21.7. The third kappa shape index (κ3) is 15.7. The lowest BCUT2D eigenvalue weighted by atomic mass is 9.83. The number of hydrogen-bond acceptors (Lipinski definition) is 18. The number of nitrogens with two attached hydrogens (primary N) is 1. The van der Waals surface area contributed by atoms with Gasteiger partial charge in [0.1, 0.15) is 16.8 Å². The van der Waals surface area contributed by atoms with E-state index in [1.807, 2.05) is 13.8 Å². The number of aliphatic hydroxyl groups is 3. The van der Waals surface area contributed by atoms with Crippen LogP contribution < -0.4 is 42.4 Å². The van der Waals surface area contributed by atoms with Crippen LogP contribution in [0.5, 0.6) is 5.75 Å². The molecule has 27 heteroatoms. The van der Waals surface area contributed by atoms with Crippen molar-refractivity contribution in [2.75, 3.05) is 44.3 Å². The second-order valence-corrected chi connectivity index (χ2v) is 26.2. The Labute approximate surface area is 468 Å². The number of carbonyl (C=O) groups is 10. The van der Waals surface area contributed by atoms with Crippen molar-refractivity contribution in [3.8, 4) is 5.75 Å². The molecule has 2 aromatic rings. The molecule has 1 saturated heterocycles. The lowest BCUT2D eigenvalue weighted by Crippen LogP contribution is -2.65. The summed E-state index contributed by atoms with van der Waals surface area (Å²) in [4.78, 5) is 146. The van der Waals surface area contributed by atoms with Crippen molar-refractivity contribution >= 4 is 102 Å². The maximum absolute atomic E-state index is 16.1. The molecule has 79 heavy (non-hydrogen) atoms. The number of aliphatic hydroxyl groups excluding tert-OH is 3. The number of Topliss-reactive ketones (excluding diaryl/α,β-unsaturated/α-hetero) is 3. The number of benzene rings is 1. The van der Waals surface area contributed by atoms with E-state index < -0.39 is 181 Å². The van der Waals surface area contributed by atoms with Crippen LogP contribution in [0.15, 0.2) is 23.2 Å². The van der Waals surface area contributed by atoms with Gasteiger partial charge in [0.2, 0.25) is 47.1 Å². The zero-order chi connectivity index (χ0) is 58.1. The molecule has 12 N–H and O–H groups in total. The lowest BCUT2D eigenvalue weighted by molar-refractivity contribution is -0.168. The molecular formula is C52H75N9O15S3. The van der Waals surface area contributed by atoms with Gasteiger partial charge in [-0.15, -0.1) is 0 Å². The van der Waals surface area contributed by atoms with E-state index in [-0.39, 0.29) is 58.2 Å². The average molecular weight is 1160 g/mol. The average Bonchev–Trinajstić information content (AvgIpc) is 4.13. The number of rotatable bonds is 16. The third-order valence-electron chi connectivity index (χ3n) is 15.1. The number of fused-ring (bicyclic) bond motifs is 7. The molecule has 1 fully saturated rings. The van der Waals surface area contributed by atoms with E-state index in [4.69, 9.17) is 10.5 Å². The van der Waals surface area contributed by atoms with Gasteiger partial charge in [-0.25, -0.2) is 4.90 Å². The zero-order valence-corrected chi connectivity index (χ0v) is 47.8. The quantitative estimate of drug-likeness (QED) is 0.0721. The largest absolute Gasteiger partial charge is 0.465 e. The van der Waals surface area contributed by atoms with E-state index in [2.05, 4.69) is 36.9 Å². The molecule has 7 amide bonds. The number of aromatic amines is 1. The van der Waals surface area contributed by atoms with Crippen LogP contribution in [0.3, 0.4) is 0 Å². The number of carbonyl (C=O) groups excluding carboxylic acids is 10. The van der Waals surface area contributed by atoms with Crippen molar-refractivity contribution in [3.05, 3.63) is 23.8 Å². The summed E-state index contributed by atoms with van der Waals surface area (Å²) in [6.07, 6.45) is -5.05. The molecule has 6 rings (SSSR count). The Balaban J connectivity index is 1.62. The number of primary amides is 1. The highest BCUT2D eigenvalue weighted by atomic mass is 33.1. The Morgan fingerprint density at radius 1 is 0.962 bits per heavy atom. The summed E-state index contributed by atoms with van der Waals surface area (Å²) in [6, 6.07) is -1.51. The molecule has 0 spiro atoms. The minimum absolute atomic E-state index is 0.00224. The minimum Gasteiger partial charge on any atom is -0.465 e. The fraction of sp³-hybridized carbons (Fsp3) is 0.654. The van der Waals surface area contributed by atoms with E-state index >= 15 is 18.6 Å². The molecule has 436 valence electrons. The first kappa shape index (κ1) is 62.7. The van der Waals surface area contributed by atoms with Crippen LogP contribution in [0.25, 0.3) is 10.9 Å². The maximum Gasteiger partial charge on any atom is 0.243 e. The van der Waals surface area contributed by atoms with Crippen LogP contribution in [0.4, 0.5) is 0 Å². The summed E-state index contributed by atoms with van der Waals surface area (Å²) in [7, 11) is 0.687. The number of hydrogen-bond donors (Lipinski definition) is 11. The highest BCUT2D eigenvalue weighted by molar-refractivity contribution is 8.77. The van der Waals surface area contributed by atoms with Crippen LogP contribution in [0.1, 0.15) is 98.5 Å². The van der Waals surface area contributed by atoms with Gasteiger partial charge in [-0.1, -0.05) is 48.8 Å². The number of ketones is 3. The van der Waals surface area contributed by atoms with Crippen molar-refractivity contribution in [2.24, 2.45) is 29.4 Å². The number of ether oxygens (including phenoxy) is 1. The molecule has 4 aliphatic rings. The first-order valence-electron chi connectivity index (χ1n) is 26.6. The highest BCUT2D eigenvalue weighted by Crippen LogP contribution is 2.43. The molecule has 0 radical (unpaired) electrons. The summed E-state index contributed by atoms with van der Waals surface area (Å²) in [5, 5.41) is 48.9. The number of amides is 7. The molecule has 24 nitrogen and oxygen atoms in total. The Bertz CT molecular complexity index is 2690. The fourth-order valence-electron chi connectivity index (χ4n) is 10.5. The Morgan fingerprint density at radius 3 is 2.33 bits per heavy atom. The van der Waals surface area contributed by atoms with Crippen LogP contribution in [0.2, 0.25) is 0 Å². The molecule has 1 aromatic heterocycles. The second kappa shape index (κ2) is 27.3. The normalized spacial score (nSPS) is 28.3. The van der Waals surface area contributed by atoms with Gasteiger partial charge in [0.05, 0.1) is 72.1 Å². The number of nitrogens with one attached hydrogen (secondary N) is 7. The van der Waals surface area contributed by atoms with E-state index in [1.54, 1.807) is 19.9 Å². The van der Waals surface area contributed by atoms with Crippen LogP contribution in [-0.2, 0) is 65.2 Å². The summed E-state index contributed by atoms with van der Waals surface area (Å²) >= 11 is 0. The summed E-state index contributed by atoms with van der Waals surface area (Å²) in [5.41, 5.74) is 3.96. The van der Waals surface area contributed by atoms with Crippen molar-refractivity contribution in [2.45, 2.75) is 151 Å². The molecule has 3 unspecified atom stereocenters. The highest BCUT2D eigenvalue weighted by Gasteiger charge is 2.57. The van der Waals surface area contributed by atoms with E-state index in [0.717, 1.165) is 0 Å². The van der Waals surface area contributed by atoms with Crippen molar-refractivity contribution in [3.63, 3.8) is 0 Å². The van der Waals surface area contributed by atoms with Gasteiger partial charge in [0.25, 0.3) is 0 Å². The van der Waals surface area contributed by atoms with Gasteiger partial charge in [-0.05, 0) is 63.1 Å². The molecule has 5 heterocycles. The Hall–Kier alpha value is -5.45. The smallest absolute Gasteiger partial charge is 0.243 e. The molecule has 12 atom stereocenters. The predicted octanol–water partition coefficient (Wildman–Crippen LogP) is -0.847. The van der Waals surface area contributed by atoms with Crippen LogP contribution in [-0.4, -0.2) is 179 Å². The van der Waals surface area contributed by atoms with E-state index in [0.29, 0.717) is 30.5 Å². The van der Waals surface area contributed by atoms with Crippen LogP contribution in [0, 0.1) is 23.7 Å². The van der Waals surface area contributed by atoms with Gasteiger partial charge in [-0.2, -0.15) is 0 Å². The first-order valence-corrected chi connectivity index (χ1v) is 30.2. The molecule has 8 bridgehead atoms. The summed E-state index contributed by atoms with van der Waals surface area (Å²) < 4.78 is 21.7. The lowest BCUT2D eigenvalue weighted by Gasteiger charge is -2.45. The Morgan fingerprint density at radius 2 is 1.66 bits per heavy atom. The maximum atomic E-state index is 16.1. The summed E-state index contributed by atoms with van der Waals surface area (Å²) in [5.74, 6) is -13.3. The molecule has 0 saturated carbocycles. The topological polar surface area (TPSA) is 375 Å². The fourth-order valence-corrected chi connectivity index (χ4v) is 14.6. The standard InChI is InChI=1S/C52H75N9O15S3/c1-7-26(2)44-49(74)56-21-42(69)57-36-25-79(75)50-34-15-30(47(72)55-22-43(70)59-44)17-39(66)45(27(3)40(67)24-62)60-48(73)37-19-31(64)23-61(37)52(46(71)29(16-38(36)65)18-41(53)68,76-32-9-10-33(34)35(20-32)58-50)11-8-14-77-78-51(5,6)12-13-54-28(4)63/h9-10,20,26-27,29-31,36-37,40,44-45,58,62,64,67H,7-8,11-19,21-25H2,1-6H3,(H2,53,68)(H,54,63)(H,55,72)(H,56,74)(H,57,69)(H,59,70)(H,60,73)/t26-,27-,29-,30+,31?,36?,37-,40-,44-,45-,52?,79+/m0/s1. The number of aromatic nitrogens is 1. The van der Waals surface area contributed by atoms with Crippen LogP contribution >= 0.6 is 21.6 Å². The monoisotopic (exact) mass is 1160 g/mol. The minimum atomic E-state index is -2.34. The van der Waals surface area contributed by atoms with Gasteiger partial charge in [-0.3, -0.25) is 52.2 Å². The number of nitrogens with zero attached hydrogens (tertiary/aromatic N) is 1. The van der Waals surface area contributed by atoms with Crippen molar-refractivity contribution in [1.82, 2.24) is 41.8 Å². The first-order chi connectivity index (χ1) is 37.3. The van der Waals surface area contributed by atoms with Crippen molar-refractivity contribution in [1.29, 1.82) is 0 Å². The van der Waals surface area contributed by atoms with Gasteiger partial charge in [0.15, 0.2) is 17.3 Å². The third-order valence-corrected chi connectivity index (χ3v) is 20.0. The zero-order valence-electron chi connectivity index (χ0n) is 45.3. The second-order valence-electron chi connectivity index (χ2n) is 21.7. The summed E-state index contributed by atoms with van der Waals surface area (Å²) in [6.45, 7) is 7.99.